The Morgan fingerprint density at radius 3 is 2.64 bits per heavy atom. The van der Waals surface area contributed by atoms with Gasteiger partial charge in [0.15, 0.2) is 5.78 Å². The van der Waals surface area contributed by atoms with E-state index in [-0.39, 0.29) is 36.9 Å². The van der Waals surface area contributed by atoms with Gasteiger partial charge < -0.3 is 15.8 Å². The molecule has 124 valence electrons. The molecule has 0 radical (unpaired) electrons. The Morgan fingerprint density at radius 2 is 2.00 bits per heavy atom. The second-order valence-corrected chi connectivity index (χ2v) is 5.53. The summed E-state index contributed by atoms with van der Waals surface area (Å²) in [7, 11) is 1.52. The fourth-order valence-electron chi connectivity index (χ4n) is 1.85. The summed E-state index contributed by atoms with van der Waals surface area (Å²) < 4.78 is 5.97. The molecule has 22 heavy (non-hydrogen) atoms. The van der Waals surface area contributed by atoms with Crippen molar-refractivity contribution in [1.29, 1.82) is 0 Å². The molecule has 0 aromatic heterocycles. The van der Waals surface area contributed by atoms with Crippen LogP contribution in [0.1, 0.15) is 36.0 Å². The summed E-state index contributed by atoms with van der Waals surface area (Å²) in [5.41, 5.74) is 5.86. The molecular formula is C15H22BrClN2O3. The molecule has 0 aliphatic heterocycles. The molecule has 0 heterocycles. The summed E-state index contributed by atoms with van der Waals surface area (Å²) in [6, 6.07) is 5.24. The van der Waals surface area contributed by atoms with Crippen LogP contribution in [0.3, 0.4) is 0 Å². The highest BCUT2D eigenvalue weighted by Crippen LogP contribution is 2.24. The summed E-state index contributed by atoms with van der Waals surface area (Å²) in [6.07, 6.45) is 2.08. The van der Waals surface area contributed by atoms with Gasteiger partial charge in [-0.25, -0.2) is 0 Å². The molecule has 0 aliphatic rings. The Hall–Kier alpha value is -1.11. The first-order chi connectivity index (χ1) is 10.1. The van der Waals surface area contributed by atoms with Crippen LogP contribution in [0.15, 0.2) is 22.7 Å². The van der Waals surface area contributed by atoms with Crippen LogP contribution in [0.25, 0.3) is 0 Å². The highest BCUT2D eigenvalue weighted by molar-refractivity contribution is 9.10. The summed E-state index contributed by atoms with van der Waals surface area (Å²) in [5, 5.41) is 2.78. The van der Waals surface area contributed by atoms with E-state index in [0.717, 1.165) is 17.3 Å². The Kier molecular flexibility index (Phi) is 10.9. The van der Waals surface area contributed by atoms with Crippen LogP contribution in [0.4, 0.5) is 0 Å². The first-order valence-electron chi connectivity index (χ1n) is 6.92. The molecule has 0 aliphatic carbocycles. The van der Waals surface area contributed by atoms with Gasteiger partial charge in [0.05, 0.1) is 12.7 Å². The molecular weight excluding hydrogens is 372 g/mol. The number of benzene rings is 1. The minimum Gasteiger partial charge on any atom is -0.496 e. The minimum absolute atomic E-state index is 0. The zero-order chi connectivity index (χ0) is 15.7. The van der Waals surface area contributed by atoms with Gasteiger partial charge in [-0.3, -0.25) is 9.59 Å². The summed E-state index contributed by atoms with van der Waals surface area (Å²) in [6.45, 7) is 1.22. The fraction of sp³-hybridized carbons (Fsp3) is 0.467. The SMILES string of the molecule is COc1ccc(Br)cc1C(=O)CCC(=O)NCCCCN.Cl. The van der Waals surface area contributed by atoms with Crippen molar-refractivity contribution in [2.75, 3.05) is 20.2 Å². The van der Waals surface area contributed by atoms with Gasteiger partial charge in [0, 0.05) is 23.9 Å². The highest BCUT2D eigenvalue weighted by Gasteiger charge is 2.14. The number of rotatable bonds is 9. The van der Waals surface area contributed by atoms with E-state index in [1.165, 1.54) is 7.11 Å². The second kappa shape index (κ2) is 11.5. The van der Waals surface area contributed by atoms with Crippen molar-refractivity contribution in [3.8, 4) is 5.75 Å². The predicted molar refractivity (Wildman–Crippen MR) is 92.8 cm³/mol. The monoisotopic (exact) mass is 392 g/mol. The third-order valence-corrected chi connectivity index (χ3v) is 3.49. The van der Waals surface area contributed by atoms with E-state index in [0.29, 0.717) is 24.4 Å². The molecule has 1 aromatic rings. The molecule has 0 unspecified atom stereocenters. The number of halogens is 2. The molecule has 0 bridgehead atoms. The third-order valence-electron chi connectivity index (χ3n) is 2.99. The summed E-state index contributed by atoms with van der Waals surface area (Å²) >= 11 is 3.33. The Morgan fingerprint density at radius 1 is 1.27 bits per heavy atom. The number of methoxy groups -OCH3 is 1. The number of amides is 1. The van der Waals surface area contributed by atoms with Gasteiger partial charge in [0.1, 0.15) is 5.75 Å². The lowest BCUT2D eigenvalue weighted by molar-refractivity contribution is -0.121. The lowest BCUT2D eigenvalue weighted by Crippen LogP contribution is -2.25. The van der Waals surface area contributed by atoms with Crippen molar-refractivity contribution in [3.63, 3.8) is 0 Å². The molecule has 1 rings (SSSR count). The number of ketones is 1. The maximum Gasteiger partial charge on any atom is 0.220 e. The van der Waals surface area contributed by atoms with E-state index in [1.54, 1.807) is 18.2 Å². The van der Waals surface area contributed by atoms with Gasteiger partial charge >= 0.3 is 0 Å². The van der Waals surface area contributed by atoms with Crippen LogP contribution >= 0.6 is 28.3 Å². The fourth-order valence-corrected chi connectivity index (χ4v) is 2.21. The summed E-state index contributed by atoms with van der Waals surface area (Å²) in [4.78, 5) is 23.8. The van der Waals surface area contributed by atoms with Crippen LogP contribution in [-0.4, -0.2) is 31.9 Å². The van der Waals surface area contributed by atoms with E-state index in [4.69, 9.17) is 10.5 Å². The van der Waals surface area contributed by atoms with Gasteiger partial charge in [0.2, 0.25) is 5.91 Å². The molecule has 5 nitrogen and oxygen atoms in total. The average Bonchev–Trinajstić information content (AvgIpc) is 2.49. The van der Waals surface area contributed by atoms with Crippen molar-refractivity contribution < 1.29 is 14.3 Å². The van der Waals surface area contributed by atoms with Gasteiger partial charge in [-0.15, -0.1) is 12.4 Å². The summed E-state index contributed by atoms with van der Waals surface area (Å²) in [5.74, 6) is 0.297. The number of hydrogen-bond donors (Lipinski definition) is 2. The smallest absolute Gasteiger partial charge is 0.220 e. The number of carbonyl (C=O) groups is 2. The Balaban J connectivity index is 0.00000441. The molecule has 0 saturated heterocycles. The van der Waals surface area contributed by atoms with E-state index in [2.05, 4.69) is 21.2 Å². The van der Waals surface area contributed by atoms with Crippen LogP contribution in [0.5, 0.6) is 5.75 Å². The zero-order valence-electron chi connectivity index (χ0n) is 12.6. The van der Waals surface area contributed by atoms with Gasteiger partial charge in [-0.2, -0.15) is 0 Å². The van der Waals surface area contributed by atoms with Gasteiger partial charge in [-0.05, 0) is 37.6 Å². The first kappa shape index (κ1) is 20.9. The van der Waals surface area contributed by atoms with E-state index >= 15 is 0 Å². The quantitative estimate of drug-likeness (QED) is 0.499. The van der Waals surface area contributed by atoms with Crippen LogP contribution < -0.4 is 15.8 Å². The van der Waals surface area contributed by atoms with Crippen molar-refractivity contribution in [3.05, 3.63) is 28.2 Å². The predicted octanol–water partition coefficient (Wildman–Crippen LogP) is 2.70. The molecule has 0 saturated carbocycles. The van der Waals surface area contributed by atoms with Crippen molar-refractivity contribution in [2.45, 2.75) is 25.7 Å². The Labute approximate surface area is 145 Å². The topological polar surface area (TPSA) is 81.4 Å². The Bertz CT molecular complexity index is 498. The molecule has 0 atom stereocenters. The maximum atomic E-state index is 12.2. The molecule has 0 spiro atoms. The number of hydrogen-bond acceptors (Lipinski definition) is 4. The first-order valence-corrected chi connectivity index (χ1v) is 7.71. The van der Waals surface area contributed by atoms with Crippen LogP contribution in [0.2, 0.25) is 0 Å². The molecule has 3 N–H and O–H groups in total. The van der Waals surface area contributed by atoms with Crippen LogP contribution in [0, 0.1) is 0 Å². The van der Waals surface area contributed by atoms with Crippen molar-refractivity contribution >= 4 is 40.0 Å². The number of Topliss-reactive ketones (excluding diaryl/α,β-unsaturated/α-hetero) is 1. The maximum absolute atomic E-state index is 12.2. The van der Waals surface area contributed by atoms with E-state index in [9.17, 15) is 9.59 Å². The molecule has 7 heteroatoms. The van der Waals surface area contributed by atoms with Gasteiger partial charge in [0.25, 0.3) is 0 Å². The zero-order valence-corrected chi connectivity index (χ0v) is 15.0. The van der Waals surface area contributed by atoms with Gasteiger partial charge in [-0.1, -0.05) is 15.9 Å². The number of ether oxygens (including phenoxy) is 1. The lowest BCUT2D eigenvalue weighted by atomic mass is 10.1. The van der Waals surface area contributed by atoms with E-state index < -0.39 is 0 Å². The molecule has 1 amide bonds. The number of carbonyl (C=O) groups excluding carboxylic acids is 2. The minimum atomic E-state index is -0.116. The average molecular weight is 394 g/mol. The normalized spacial score (nSPS) is 9.77. The molecule has 1 aromatic carbocycles. The second-order valence-electron chi connectivity index (χ2n) is 4.61. The number of nitrogens with one attached hydrogen (secondary N) is 1. The van der Waals surface area contributed by atoms with Crippen molar-refractivity contribution in [1.82, 2.24) is 5.32 Å². The largest absolute Gasteiger partial charge is 0.496 e. The van der Waals surface area contributed by atoms with Crippen LogP contribution in [-0.2, 0) is 4.79 Å². The highest BCUT2D eigenvalue weighted by atomic mass is 79.9. The van der Waals surface area contributed by atoms with Crippen molar-refractivity contribution in [2.24, 2.45) is 5.73 Å². The third kappa shape index (κ3) is 7.24. The lowest BCUT2D eigenvalue weighted by Gasteiger charge is -2.08. The number of unbranched alkanes of at least 4 members (excludes halogenated alkanes) is 1. The van der Waals surface area contributed by atoms with E-state index in [1.807, 2.05) is 0 Å². The number of nitrogens with two attached hydrogens (primary N) is 1. The molecule has 0 fully saturated rings. The standard InChI is InChI=1S/C15H21BrN2O3.ClH/c1-21-14-6-4-11(16)10-12(14)13(19)5-7-15(20)18-9-3-2-8-17;/h4,6,10H,2-3,5,7-9,17H2,1H3,(H,18,20);1H.